The molecule has 1 unspecified atom stereocenters. The molecule has 1 atom stereocenters. The Bertz CT molecular complexity index is 252. The molecule has 0 saturated carbocycles. The summed E-state index contributed by atoms with van der Waals surface area (Å²) in [6, 6.07) is 0. The van der Waals surface area contributed by atoms with Crippen molar-refractivity contribution in [1.82, 2.24) is 5.09 Å². The molecule has 0 radical (unpaired) electrons. The van der Waals surface area contributed by atoms with E-state index in [1.54, 1.807) is 13.8 Å². The number of methoxy groups -OCH3 is 2. The molecule has 0 aliphatic rings. The van der Waals surface area contributed by atoms with E-state index in [0.717, 1.165) is 0 Å². The molecule has 0 rings (SSSR count). The quantitative estimate of drug-likeness (QED) is 0.557. The van der Waals surface area contributed by atoms with Gasteiger partial charge in [-0.1, -0.05) is 0 Å². The predicted molar refractivity (Wildman–Crippen MR) is 54.6 cm³/mol. The van der Waals surface area contributed by atoms with Gasteiger partial charge < -0.3 is 14.0 Å². The van der Waals surface area contributed by atoms with Gasteiger partial charge in [-0.2, -0.15) is 0 Å². The molecule has 14 heavy (non-hydrogen) atoms. The van der Waals surface area contributed by atoms with Gasteiger partial charge in [0.1, 0.15) is 11.9 Å². The highest BCUT2D eigenvalue weighted by atomic mass is 31.2. The smallest absolute Gasteiger partial charge is 0.325 e. The van der Waals surface area contributed by atoms with Crippen LogP contribution in [0.1, 0.15) is 13.8 Å². The summed E-state index contributed by atoms with van der Waals surface area (Å²) in [6.07, 6.45) is 0.0907. The molecule has 6 heteroatoms. The van der Waals surface area contributed by atoms with Gasteiger partial charge in [0, 0.05) is 13.8 Å². The summed E-state index contributed by atoms with van der Waals surface area (Å²) in [5.41, 5.74) is -0.961. The lowest BCUT2D eigenvalue weighted by Crippen LogP contribution is -2.45. The van der Waals surface area contributed by atoms with E-state index in [4.69, 9.17) is 4.74 Å². The van der Waals surface area contributed by atoms with E-state index >= 15 is 0 Å². The molecule has 0 bridgehead atoms. The van der Waals surface area contributed by atoms with E-state index < -0.39 is 18.8 Å². The van der Waals surface area contributed by atoms with Crippen LogP contribution in [-0.2, 0) is 18.8 Å². The summed E-state index contributed by atoms with van der Waals surface area (Å²) in [4.78, 5) is 11.3. The number of hydrogen-bond acceptors (Lipinski definition) is 4. The van der Waals surface area contributed by atoms with Crippen LogP contribution in [0.25, 0.3) is 0 Å². The summed E-state index contributed by atoms with van der Waals surface area (Å²) >= 11 is 0. The zero-order valence-electron chi connectivity index (χ0n) is 9.29. The number of rotatable bonds is 5. The van der Waals surface area contributed by atoms with Crippen molar-refractivity contribution in [2.24, 2.45) is 0 Å². The average molecular weight is 223 g/mol. The Balaban J connectivity index is 4.49. The van der Waals surface area contributed by atoms with Gasteiger partial charge in [0.15, 0.2) is 7.29 Å². The Morgan fingerprint density at radius 3 is 2.29 bits per heavy atom. The molecule has 0 fully saturated rings. The van der Waals surface area contributed by atoms with Gasteiger partial charge in [-0.3, -0.25) is 4.79 Å². The molecule has 0 heterocycles. The van der Waals surface area contributed by atoms with E-state index in [0.29, 0.717) is 0 Å². The Morgan fingerprint density at radius 2 is 1.93 bits per heavy atom. The maximum Gasteiger partial charge on any atom is 0.325 e. The molecule has 1 N–H and O–H groups in total. The first-order chi connectivity index (χ1) is 6.25. The Morgan fingerprint density at radius 1 is 1.43 bits per heavy atom. The van der Waals surface area contributed by atoms with Crippen molar-refractivity contribution in [2.75, 3.05) is 27.2 Å². The SMILES string of the molecule is COCP(C)(=O)NC(C)(C)C(=O)OC. The van der Waals surface area contributed by atoms with Crippen LogP contribution in [0.5, 0.6) is 0 Å². The van der Waals surface area contributed by atoms with Crippen molar-refractivity contribution in [3.05, 3.63) is 0 Å². The van der Waals surface area contributed by atoms with Crippen molar-refractivity contribution < 1.29 is 18.8 Å². The maximum absolute atomic E-state index is 11.8. The average Bonchev–Trinajstić information content (AvgIpc) is 2.00. The topological polar surface area (TPSA) is 64.6 Å². The third-order valence-corrected chi connectivity index (χ3v) is 3.37. The van der Waals surface area contributed by atoms with Gasteiger partial charge in [-0.05, 0) is 13.8 Å². The second kappa shape index (κ2) is 4.91. The summed E-state index contributed by atoms with van der Waals surface area (Å²) in [5.74, 6) is -0.448. The minimum absolute atomic E-state index is 0.0907. The van der Waals surface area contributed by atoms with Crippen LogP contribution in [0, 0.1) is 0 Å². The first-order valence-corrected chi connectivity index (χ1v) is 6.52. The minimum atomic E-state index is -2.65. The molecule has 0 aliphatic carbocycles. The van der Waals surface area contributed by atoms with Crippen LogP contribution in [0.2, 0.25) is 0 Å². The monoisotopic (exact) mass is 223 g/mol. The van der Waals surface area contributed by atoms with Crippen LogP contribution >= 0.6 is 7.29 Å². The molecule has 0 aromatic carbocycles. The second-order valence-corrected chi connectivity index (χ2v) is 6.43. The summed E-state index contributed by atoms with van der Waals surface area (Å²) < 4.78 is 21.2. The fourth-order valence-corrected chi connectivity index (χ4v) is 3.00. The lowest BCUT2D eigenvalue weighted by atomic mass is 10.1. The first kappa shape index (κ1) is 13.6. The van der Waals surface area contributed by atoms with Crippen LogP contribution in [0.15, 0.2) is 0 Å². The second-order valence-electron chi connectivity index (χ2n) is 3.75. The van der Waals surface area contributed by atoms with Crippen LogP contribution in [0.3, 0.4) is 0 Å². The number of nitrogens with one attached hydrogen (secondary N) is 1. The van der Waals surface area contributed by atoms with Crippen LogP contribution in [0.4, 0.5) is 0 Å². The zero-order chi connectivity index (χ0) is 11.4. The van der Waals surface area contributed by atoms with E-state index in [9.17, 15) is 9.36 Å². The van der Waals surface area contributed by atoms with Crippen molar-refractivity contribution in [1.29, 1.82) is 0 Å². The van der Waals surface area contributed by atoms with Crippen molar-refractivity contribution in [2.45, 2.75) is 19.4 Å². The Hall–Kier alpha value is -0.380. The van der Waals surface area contributed by atoms with E-state index in [1.807, 2.05) is 0 Å². The van der Waals surface area contributed by atoms with Crippen molar-refractivity contribution in [3.8, 4) is 0 Å². The zero-order valence-corrected chi connectivity index (χ0v) is 10.2. The Kier molecular flexibility index (Phi) is 4.78. The van der Waals surface area contributed by atoms with E-state index in [2.05, 4.69) is 9.82 Å². The molecule has 0 spiro atoms. The van der Waals surface area contributed by atoms with E-state index in [1.165, 1.54) is 20.9 Å². The van der Waals surface area contributed by atoms with Crippen LogP contribution in [-0.4, -0.2) is 38.7 Å². The Labute approximate surface area is 84.6 Å². The van der Waals surface area contributed by atoms with Crippen molar-refractivity contribution >= 4 is 13.3 Å². The highest BCUT2D eigenvalue weighted by Crippen LogP contribution is 2.38. The summed E-state index contributed by atoms with van der Waals surface area (Å²) in [6.45, 7) is 4.76. The third kappa shape index (κ3) is 4.22. The molecular formula is C8H18NO4P. The number of esters is 1. The lowest BCUT2D eigenvalue weighted by molar-refractivity contribution is -0.146. The van der Waals surface area contributed by atoms with Gasteiger partial charge in [-0.15, -0.1) is 0 Å². The minimum Gasteiger partial charge on any atom is -0.468 e. The van der Waals surface area contributed by atoms with Crippen LogP contribution < -0.4 is 5.09 Å². The fourth-order valence-electron chi connectivity index (χ4n) is 1.17. The normalized spacial score (nSPS) is 16.1. The number of hydrogen-bond donors (Lipinski definition) is 1. The van der Waals surface area contributed by atoms with E-state index in [-0.39, 0.29) is 6.35 Å². The third-order valence-electron chi connectivity index (χ3n) is 1.59. The molecule has 0 aromatic heterocycles. The maximum atomic E-state index is 11.8. The molecule has 0 amide bonds. The number of carbonyl (C=O) groups excluding carboxylic acids is 1. The number of ether oxygens (including phenoxy) is 2. The van der Waals surface area contributed by atoms with Gasteiger partial charge in [0.2, 0.25) is 0 Å². The molecule has 0 saturated heterocycles. The molecule has 5 nitrogen and oxygen atoms in total. The summed E-state index contributed by atoms with van der Waals surface area (Å²) in [5, 5.41) is 2.74. The number of carbonyl (C=O) groups is 1. The highest BCUT2D eigenvalue weighted by Gasteiger charge is 2.34. The fraction of sp³-hybridized carbons (Fsp3) is 0.875. The lowest BCUT2D eigenvalue weighted by Gasteiger charge is -2.27. The largest absolute Gasteiger partial charge is 0.468 e. The van der Waals surface area contributed by atoms with Gasteiger partial charge in [0.05, 0.1) is 7.11 Å². The molecule has 84 valence electrons. The molecule has 0 aromatic rings. The predicted octanol–water partition coefficient (Wildman–Crippen LogP) is 1.04. The summed E-state index contributed by atoms with van der Waals surface area (Å²) in [7, 11) is 0.101. The van der Waals surface area contributed by atoms with Crippen molar-refractivity contribution in [3.63, 3.8) is 0 Å². The standard InChI is InChI=1S/C8H18NO4P/c1-8(2,7(10)13-4)9-14(5,11)6-12-3/h6H2,1-5H3,(H,9,11). The van der Waals surface area contributed by atoms with Gasteiger partial charge in [-0.25, -0.2) is 5.09 Å². The molecular weight excluding hydrogens is 205 g/mol. The van der Waals surface area contributed by atoms with Gasteiger partial charge in [0.25, 0.3) is 0 Å². The molecule has 0 aliphatic heterocycles. The van der Waals surface area contributed by atoms with Gasteiger partial charge >= 0.3 is 5.97 Å². The first-order valence-electron chi connectivity index (χ1n) is 4.18. The highest BCUT2D eigenvalue weighted by molar-refractivity contribution is 7.61.